The number of nitrogens with one attached hydrogen (secondary N) is 1. The molecule has 2 aromatic rings. The highest BCUT2D eigenvalue weighted by Gasteiger charge is 2.39. The Morgan fingerprint density at radius 1 is 1.18 bits per heavy atom. The number of thioether (sulfide) groups is 1. The minimum absolute atomic E-state index is 0.0295. The summed E-state index contributed by atoms with van der Waals surface area (Å²) in [6, 6.07) is 15.6. The van der Waals surface area contributed by atoms with Gasteiger partial charge in [0.25, 0.3) is 5.91 Å². The maximum atomic E-state index is 12.8. The van der Waals surface area contributed by atoms with Crippen molar-refractivity contribution in [2.75, 3.05) is 12.4 Å². The summed E-state index contributed by atoms with van der Waals surface area (Å²) in [5, 5.41) is 17.7. The third-order valence-electron chi connectivity index (χ3n) is 4.07. The molecule has 1 aliphatic heterocycles. The fourth-order valence-corrected chi connectivity index (χ4v) is 3.66. The minimum Gasteiger partial charge on any atom is -0.508 e. The van der Waals surface area contributed by atoms with E-state index >= 15 is 0 Å². The number of hydrogen-bond acceptors (Lipinski definition) is 6. The first-order valence-corrected chi connectivity index (χ1v) is 9.53. The van der Waals surface area contributed by atoms with Crippen LogP contribution in [-0.2, 0) is 9.59 Å². The molecule has 8 heteroatoms. The number of hydrogen-bond donors (Lipinski definition) is 2. The van der Waals surface area contributed by atoms with Crippen LogP contribution in [0.25, 0.3) is 0 Å². The van der Waals surface area contributed by atoms with Crippen molar-refractivity contribution in [1.82, 2.24) is 5.01 Å². The minimum atomic E-state index is -0.584. The number of nitrogens with zero attached hydrogens (tertiary/aromatic N) is 3. The fourth-order valence-electron chi connectivity index (χ4n) is 2.64. The molecule has 1 unspecified atom stereocenters. The van der Waals surface area contributed by atoms with Crippen LogP contribution in [0.2, 0.25) is 0 Å². The summed E-state index contributed by atoms with van der Waals surface area (Å²) in [5.41, 5.74) is 2.06. The van der Waals surface area contributed by atoms with Crippen LogP contribution in [-0.4, -0.2) is 45.1 Å². The second kappa shape index (κ2) is 8.71. The Balaban J connectivity index is 1.71. The molecule has 1 heterocycles. The van der Waals surface area contributed by atoms with Crippen molar-refractivity contribution in [3.05, 3.63) is 60.2 Å². The van der Waals surface area contributed by atoms with E-state index in [1.165, 1.54) is 16.8 Å². The molecule has 28 heavy (non-hydrogen) atoms. The number of carbonyl (C=O) groups excluding carboxylic acids is 2. The molecule has 0 aromatic heterocycles. The number of aliphatic imine (C=N–C) groups is 1. The maximum Gasteiger partial charge on any atom is 0.263 e. The summed E-state index contributed by atoms with van der Waals surface area (Å²) in [7, 11) is 1.58. The lowest BCUT2D eigenvalue weighted by molar-refractivity contribution is -0.128. The molecule has 0 saturated carbocycles. The molecule has 2 aromatic carbocycles. The summed E-state index contributed by atoms with van der Waals surface area (Å²) in [6.07, 6.45) is 0.0295. The van der Waals surface area contributed by atoms with Gasteiger partial charge in [0.05, 0.1) is 5.71 Å². The normalized spacial score (nSPS) is 18.6. The maximum absolute atomic E-state index is 12.8. The van der Waals surface area contributed by atoms with Crippen molar-refractivity contribution in [2.45, 2.75) is 18.6 Å². The zero-order valence-corrected chi connectivity index (χ0v) is 16.3. The molecule has 1 aliphatic rings. The number of amidine groups is 1. The van der Waals surface area contributed by atoms with Gasteiger partial charge in [-0.1, -0.05) is 30.0 Å². The van der Waals surface area contributed by atoms with Gasteiger partial charge in [-0.2, -0.15) is 10.1 Å². The van der Waals surface area contributed by atoms with Crippen molar-refractivity contribution in [1.29, 1.82) is 0 Å². The average molecular weight is 396 g/mol. The van der Waals surface area contributed by atoms with Crippen LogP contribution in [0.15, 0.2) is 64.7 Å². The molecule has 2 N–H and O–H groups in total. The molecule has 1 fully saturated rings. The fraction of sp³-hybridized carbons (Fsp3) is 0.200. The molecule has 7 nitrogen and oxygen atoms in total. The molecule has 0 aliphatic carbocycles. The van der Waals surface area contributed by atoms with Crippen molar-refractivity contribution in [2.24, 2.45) is 10.1 Å². The number of anilines is 1. The highest BCUT2D eigenvalue weighted by Crippen LogP contribution is 2.30. The lowest BCUT2D eigenvalue weighted by atomic mass is 10.1. The number of hydrazone groups is 1. The second-order valence-corrected chi connectivity index (χ2v) is 7.28. The lowest BCUT2D eigenvalue weighted by Crippen LogP contribution is -2.30. The number of para-hydroxylation sites is 1. The Morgan fingerprint density at radius 2 is 1.86 bits per heavy atom. The molecule has 0 radical (unpaired) electrons. The number of amides is 2. The highest BCUT2D eigenvalue weighted by molar-refractivity contribution is 8.15. The summed E-state index contributed by atoms with van der Waals surface area (Å²) >= 11 is 1.22. The Kier molecular flexibility index (Phi) is 6.10. The monoisotopic (exact) mass is 396 g/mol. The predicted octanol–water partition coefficient (Wildman–Crippen LogP) is 3.07. The number of benzene rings is 2. The van der Waals surface area contributed by atoms with Crippen molar-refractivity contribution in [3.63, 3.8) is 0 Å². The predicted molar refractivity (Wildman–Crippen MR) is 112 cm³/mol. The van der Waals surface area contributed by atoms with E-state index in [-0.39, 0.29) is 24.0 Å². The number of rotatable bonds is 5. The largest absolute Gasteiger partial charge is 0.508 e. The van der Waals surface area contributed by atoms with Crippen LogP contribution in [0.3, 0.4) is 0 Å². The Bertz CT molecular complexity index is 926. The summed E-state index contributed by atoms with van der Waals surface area (Å²) < 4.78 is 0. The van der Waals surface area contributed by atoms with E-state index < -0.39 is 5.25 Å². The van der Waals surface area contributed by atoms with Gasteiger partial charge in [-0.15, -0.1) is 0 Å². The van der Waals surface area contributed by atoms with Crippen LogP contribution in [0, 0.1) is 0 Å². The summed E-state index contributed by atoms with van der Waals surface area (Å²) in [6.45, 7) is 1.77. The average Bonchev–Trinajstić information content (AvgIpc) is 2.98. The first-order chi connectivity index (χ1) is 13.5. The molecular weight excluding hydrogens is 376 g/mol. The van der Waals surface area contributed by atoms with Gasteiger partial charge >= 0.3 is 0 Å². The topological polar surface area (TPSA) is 94.4 Å². The van der Waals surface area contributed by atoms with Crippen molar-refractivity contribution >= 4 is 40.1 Å². The zero-order chi connectivity index (χ0) is 20.1. The molecule has 0 spiro atoms. The van der Waals surface area contributed by atoms with Crippen LogP contribution in [0.4, 0.5) is 5.69 Å². The van der Waals surface area contributed by atoms with Crippen molar-refractivity contribution < 1.29 is 14.7 Å². The van der Waals surface area contributed by atoms with E-state index in [0.29, 0.717) is 16.6 Å². The quantitative estimate of drug-likeness (QED) is 0.760. The van der Waals surface area contributed by atoms with Crippen LogP contribution in [0.5, 0.6) is 5.75 Å². The first-order valence-electron chi connectivity index (χ1n) is 8.65. The Morgan fingerprint density at radius 3 is 2.50 bits per heavy atom. The van der Waals surface area contributed by atoms with Gasteiger partial charge in [-0.05, 0) is 48.9 Å². The van der Waals surface area contributed by atoms with E-state index in [0.717, 1.165) is 5.56 Å². The molecule has 1 saturated heterocycles. The second-order valence-electron chi connectivity index (χ2n) is 6.11. The van der Waals surface area contributed by atoms with Crippen LogP contribution in [0.1, 0.15) is 18.9 Å². The molecule has 3 rings (SSSR count). The number of carbonyl (C=O) groups is 2. The van der Waals surface area contributed by atoms with E-state index in [1.807, 2.05) is 18.2 Å². The summed E-state index contributed by atoms with van der Waals surface area (Å²) in [5.74, 6) is -0.370. The number of aromatic hydroxyl groups is 1. The van der Waals surface area contributed by atoms with E-state index in [9.17, 15) is 14.7 Å². The summed E-state index contributed by atoms with van der Waals surface area (Å²) in [4.78, 5) is 29.2. The van der Waals surface area contributed by atoms with Gasteiger partial charge in [-0.25, -0.2) is 0 Å². The third kappa shape index (κ3) is 4.58. The van der Waals surface area contributed by atoms with Gasteiger partial charge < -0.3 is 10.4 Å². The molecular formula is C20H20N4O3S. The standard InChI is InChI=1S/C20H20N4O3S/c1-13(14-8-10-16(25)11-9-14)23-24-19(27)17(28-20(24)21-2)12-18(26)22-15-6-4-3-5-7-15/h3-11,17,25H,12H2,1-2H3,(H,22,26). The Labute approximate surface area is 167 Å². The molecule has 2 amide bonds. The zero-order valence-electron chi connectivity index (χ0n) is 15.5. The molecule has 0 bridgehead atoms. The van der Waals surface area contributed by atoms with Gasteiger partial charge in [-0.3, -0.25) is 14.6 Å². The van der Waals surface area contributed by atoms with Crippen LogP contribution < -0.4 is 5.32 Å². The van der Waals surface area contributed by atoms with Crippen LogP contribution >= 0.6 is 11.8 Å². The molecule has 144 valence electrons. The van der Waals surface area contributed by atoms with Gasteiger partial charge in [0.1, 0.15) is 11.0 Å². The first kappa shape index (κ1) is 19.6. The SMILES string of the molecule is CN=C1SC(CC(=O)Nc2ccccc2)C(=O)N1N=C(C)c1ccc(O)cc1. The van der Waals surface area contributed by atoms with E-state index in [1.54, 1.807) is 50.4 Å². The third-order valence-corrected chi connectivity index (χ3v) is 5.29. The van der Waals surface area contributed by atoms with Gasteiger partial charge in [0.2, 0.25) is 5.91 Å². The highest BCUT2D eigenvalue weighted by atomic mass is 32.2. The van der Waals surface area contributed by atoms with E-state index in [2.05, 4.69) is 15.4 Å². The smallest absolute Gasteiger partial charge is 0.263 e. The van der Waals surface area contributed by atoms with Gasteiger partial charge in [0, 0.05) is 19.2 Å². The van der Waals surface area contributed by atoms with Gasteiger partial charge in [0.15, 0.2) is 5.17 Å². The molecule has 1 atom stereocenters. The Hall–Kier alpha value is -3.13. The van der Waals surface area contributed by atoms with Crippen molar-refractivity contribution in [3.8, 4) is 5.75 Å². The number of phenols is 1. The number of phenolic OH excluding ortho intramolecular Hbond substituents is 1. The lowest BCUT2D eigenvalue weighted by Gasteiger charge is -2.12. The van der Waals surface area contributed by atoms with E-state index in [4.69, 9.17) is 0 Å².